The average molecular weight is 455 g/mol. The molecule has 0 saturated carbocycles. The SMILES string of the molecule is CC(=O)O[C@@H]1COc2cc(NC3COc4c(-c5c(C)nn(C(F)F)c5C)cccc43)ccc21. The number of halogens is 2. The minimum absolute atomic E-state index is 0.130. The van der Waals surface area contributed by atoms with Crippen molar-refractivity contribution in [2.75, 3.05) is 18.5 Å². The number of carbonyl (C=O) groups excluding carboxylic acids is 1. The summed E-state index contributed by atoms with van der Waals surface area (Å²) >= 11 is 0. The highest BCUT2D eigenvalue weighted by molar-refractivity contribution is 5.77. The van der Waals surface area contributed by atoms with Crippen LogP contribution in [-0.2, 0) is 9.53 Å². The quantitative estimate of drug-likeness (QED) is 0.540. The molecule has 0 spiro atoms. The number of hydrogen-bond donors (Lipinski definition) is 1. The van der Waals surface area contributed by atoms with E-state index in [2.05, 4.69) is 10.4 Å². The third-order valence-corrected chi connectivity index (χ3v) is 5.99. The molecule has 1 N–H and O–H groups in total. The standard InChI is InChI=1S/C24H23F2N3O4/c1-12-22(13(2)29(28-12)24(25)26)18-6-4-5-16-19(10-32-23(16)18)27-15-7-8-17-20(9-15)31-11-21(17)33-14(3)30/h4-9,19,21,24,27H,10-11H2,1-3H3/t19?,21-/m1/s1. The fraction of sp³-hybridized carbons (Fsp3) is 0.333. The zero-order chi connectivity index (χ0) is 23.3. The summed E-state index contributed by atoms with van der Waals surface area (Å²) in [6, 6.07) is 11.3. The molecule has 172 valence electrons. The van der Waals surface area contributed by atoms with Gasteiger partial charge in [0.05, 0.1) is 11.7 Å². The van der Waals surface area contributed by atoms with Crippen molar-refractivity contribution in [1.82, 2.24) is 9.78 Å². The molecule has 0 bridgehead atoms. The average Bonchev–Trinajstić information content (AvgIpc) is 3.44. The van der Waals surface area contributed by atoms with Crippen LogP contribution in [0.4, 0.5) is 14.5 Å². The lowest BCUT2D eigenvalue weighted by molar-refractivity contribution is -0.147. The fourth-order valence-corrected chi connectivity index (χ4v) is 4.58. The van der Waals surface area contributed by atoms with Gasteiger partial charge in [0, 0.05) is 46.6 Å². The molecule has 0 fully saturated rings. The van der Waals surface area contributed by atoms with Crippen LogP contribution in [0.5, 0.6) is 11.5 Å². The normalized spacial score (nSPS) is 18.5. The molecule has 3 aromatic rings. The van der Waals surface area contributed by atoms with Crippen LogP contribution in [0, 0.1) is 13.8 Å². The van der Waals surface area contributed by atoms with Gasteiger partial charge in [-0.2, -0.15) is 13.9 Å². The minimum atomic E-state index is -2.70. The smallest absolute Gasteiger partial charge is 0.333 e. The maximum atomic E-state index is 13.3. The second kappa shape index (κ2) is 8.06. The Morgan fingerprint density at radius 3 is 2.73 bits per heavy atom. The lowest BCUT2D eigenvalue weighted by Crippen LogP contribution is -2.12. The molecule has 2 aromatic carbocycles. The molecular formula is C24H23F2N3O4. The predicted octanol–water partition coefficient (Wildman–Crippen LogP) is 5.10. The molecule has 0 saturated heterocycles. The topological polar surface area (TPSA) is 74.6 Å². The van der Waals surface area contributed by atoms with Gasteiger partial charge in [-0.05, 0) is 26.0 Å². The van der Waals surface area contributed by atoms with Gasteiger partial charge in [0.25, 0.3) is 0 Å². The lowest BCUT2D eigenvalue weighted by atomic mass is 9.98. The van der Waals surface area contributed by atoms with Gasteiger partial charge in [0.1, 0.15) is 24.7 Å². The van der Waals surface area contributed by atoms with E-state index in [1.54, 1.807) is 13.8 Å². The van der Waals surface area contributed by atoms with Crippen LogP contribution in [-0.4, -0.2) is 29.0 Å². The molecule has 2 aliphatic rings. The number of alkyl halides is 2. The summed E-state index contributed by atoms with van der Waals surface area (Å²) in [6.45, 7) is 2.72. The minimum Gasteiger partial charge on any atom is -0.490 e. The second-order valence-corrected chi connectivity index (χ2v) is 8.16. The summed E-state index contributed by atoms with van der Waals surface area (Å²) in [5, 5.41) is 7.47. The van der Waals surface area contributed by atoms with Crippen molar-refractivity contribution in [3.8, 4) is 22.6 Å². The number of nitrogens with one attached hydrogen (secondary N) is 1. The van der Waals surface area contributed by atoms with E-state index in [0.29, 0.717) is 41.7 Å². The summed E-state index contributed by atoms with van der Waals surface area (Å²) in [5.41, 5.74) is 4.95. The zero-order valence-corrected chi connectivity index (χ0v) is 18.4. The Labute approximate surface area is 189 Å². The van der Waals surface area contributed by atoms with Crippen molar-refractivity contribution in [2.24, 2.45) is 0 Å². The van der Waals surface area contributed by atoms with Crippen molar-refractivity contribution in [3.63, 3.8) is 0 Å². The van der Waals surface area contributed by atoms with Crippen LogP contribution in [0.3, 0.4) is 0 Å². The van der Waals surface area contributed by atoms with Crippen LogP contribution in [0.1, 0.15) is 48.1 Å². The molecule has 2 atom stereocenters. The molecule has 33 heavy (non-hydrogen) atoms. The Hall–Kier alpha value is -3.62. The maximum Gasteiger partial charge on any atom is 0.333 e. The van der Waals surface area contributed by atoms with E-state index in [4.69, 9.17) is 14.2 Å². The Morgan fingerprint density at radius 2 is 2.00 bits per heavy atom. The third-order valence-electron chi connectivity index (χ3n) is 5.99. The number of esters is 1. The van der Waals surface area contributed by atoms with Crippen molar-refractivity contribution in [1.29, 1.82) is 0 Å². The van der Waals surface area contributed by atoms with E-state index in [9.17, 15) is 13.6 Å². The van der Waals surface area contributed by atoms with Gasteiger partial charge >= 0.3 is 12.5 Å². The Balaban J connectivity index is 1.42. The molecule has 9 heteroatoms. The largest absolute Gasteiger partial charge is 0.490 e. The highest BCUT2D eigenvalue weighted by Gasteiger charge is 2.31. The van der Waals surface area contributed by atoms with Crippen molar-refractivity contribution >= 4 is 11.7 Å². The lowest BCUT2D eigenvalue weighted by Gasteiger charge is -2.15. The van der Waals surface area contributed by atoms with Crippen LogP contribution in [0.25, 0.3) is 11.1 Å². The van der Waals surface area contributed by atoms with Crippen LogP contribution in [0.2, 0.25) is 0 Å². The summed E-state index contributed by atoms with van der Waals surface area (Å²) in [7, 11) is 0. The molecule has 0 radical (unpaired) electrons. The second-order valence-electron chi connectivity index (χ2n) is 8.16. The van der Waals surface area contributed by atoms with E-state index in [1.165, 1.54) is 6.92 Å². The summed E-state index contributed by atoms with van der Waals surface area (Å²) in [4.78, 5) is 11.3. The van der Waals surface area contributed by atoms with Gasteiger partial charge in [0.15, 0.2) is 6.10 Å². The van der Waals surface area contributed by atoms with Crippen molar-refractivity contribution < 1.29 is 27.8 Å². The Kier molecular flexibility index (Phi) is 5.19. The molecule has 0 aliphatic carbocycles. The van der Waals surface area contributed by atoms with Gasteiger partial charge in [-0.15, -0.1) is 0 Å². The number of carbonyl (C=O) groups is 1. The molecule has 0 amide bonds. The number of anilines is 1. The van der Waals surface area contributed by atoms with E-state index in [-0.39, 0.29) is 12.0 Å². The van der Waals surface area contributed by atoms with E-state index >= 15 is 0 Å². The monoisotopic (exact) mass is 455 g/mol. The highest BCUT2D eigenvalue weighted by Crippen LogP contribution is 2.45. The van der Waals surface area contributed by atoms with Crippen molar-refractivity contribution in [3.05, 3.63) is 58.9 Å². The number of fused-ring (bicyclic) bond motifs is 2. The number of hydrogen-bond acceptors (Lipinski definition) is 6. The Bertz CT molecular complexity index is 1240. The number of benzene rings is 2. The number of aromatic nitrogens is 2. The summed E-state index contributed by atoms with van der Waals surface area (Å²) < 4.78 is 44.4. The molecule has 5 rings (SSSR count). The first-order valence-corrected chi connectivity index (χ1v) is 10.6. The van der Waals surface area contributed by atoms with Crippen LogP contribution in [0.15, 0.2) is 36.4 Å². The van der Waals surface area contributed by atoms with Gasteiger partial charge < -0.3 is 19.5 Å². The number of nitrogens with zero attached hydrogens (tertiary/aromatic N) is 2. The first-order valence-electron chi connectivity index (χ1n) is 10.6. The van der Waals surface area contributed by atoms with Crippen molar-refractivity contribution in [2.45, 2.75) is 39.5 Å². The fourth-order valence-electron chi connectivity index (χ4n) is 4.58. The Morgan fingerprint density at radius 1 is 1.18 bits per heavy atom. The molecule has 3 heterocycles. The highest BCUT2D eigenvalue weighted by atomic mass is 19.3. The zero-order valence-electron chi connectivity index (χ0n) is 18.4. The first kappa shape index (κ1) is 21.2. The van der Waals surface area contributed by atoms with E-state index in [1.807, 2.05) is 36.4 Å². The number of ether oxygens (including phenoxy) is 3. The first-order chi connectivity index (χ1) is 15.8. The van der Waals surface area contributed by atoms with Crippen LogP contribution < -0.4 is 14.8 Å². The number of rotatable bonds is 5. The summed E-state index contributed by atoms with van der Waals surface area (Å²) in [5.74, 6) is 0.992. The van der Waals surface area contributed by atoms with Gasteiger partial charge in [-0.1, -0.05) is 18.2 Å². The molecular weight excluding hydrogens is 432 g/mol. The number of para-hydroxylation sites is 1. The third kappa shape index (κ3) is 3.67. The van der Waals surface area contributed by atoms with Gasteiger partial charge in [-0.25, -0.2) is 4.68 Å². The number of aryl methyl sites for hydroxylation is 1. The molecule has 1 aromatic heterocycles. The van der Waals surface area contributed by atoms with E-state index < -0.39 is 12.7 Å². The van der Waals surface area contributed by atoms with Crippen LogP contribution >= 0.6 is 0 Å². The maximum absolute atomic E-state index is 13.3. The van der Waals surface area contributed by atoms with Gasteiger partial charge in [-0.3, -0.25) is 4.79 Å². The predicted molar refractivity (Wildman–Crippen MR) is 117 cm³/mol. The molecule has 7 nitrogen and oxygen atoms in total. The molecule has 1 unspecified atom stereocenters. The van der Waals surface area contributed by atoms with E-state index in [0.717, 1.165) is 27.1 Å². The molecule has 2 aliphatic heterocycles. The van der Waals surface area contributed by atoms with Gasteiger partial charge in [0.2, 0.25) is 0 Å². The summed E-state index contributed by atoms with van der Waals surface area (Å²) in [6.07, 6.45) is -0.398.